The molecule has 1 N–H and O–H groups in total. The van der Waals surface area contributed by atoms with Gasteiger partial charge >= 0.3 is 6.18 Å². The van der Waals surface area contributed by atoms with Crippen LogP contribution in [-0.4, -0.2) is 36.4 Å². The van der Waals surface area contributed by atoms with Crippen molar-refractivity contribution in [2.75, 3.05) is 19.0 Å². The van der Waals surface area contributed by atoms with Crippen LogP contribution >= 0.6 is 0 Å². The van der Waals surface area contributed by atoms with Gasteiger partial charge in [0.25, 0.3) is 11.8 Å². The Balaban J connectivity index is 1.49. The van der Waals surface area contributed by atoms with Crippen molar-refractivity contribution >= 4 is 17.5 Å². The number of anilines is 1. The van der Waals surface area contributed by atoms with E-state index in [1.165, 1.54) is 26.4 Å². The molecule has 1 aliphatic carbocycles. The van der Waals surface area contributed by atoms with Crippen molar-refractivity contribution in [2.24, 2.45) is 5.92 Å². The maximum absolute atomic E-state index is 13.4. The van der Waals surface area contributed by atoms with Gasteiger partial charge in [-0.05, 0) is 68.0 Å². The molecule has 1 heterocycles. The minimum atomic E-state index is -4.46. The number of nitrogens with one attached hydrogen (secondary N) is 1. The number of amides is 2. The normalized spacial score (nSPS) is 20.7. The minimum absolute atomic E-state index is 0.0657. The van der Waals surface area contributed by atoms with E-state index in [2.05, 4.69) is 5.32 Å². The summed E-state index contributed by atoms with van der Waals surface area (Å²) in [5.74, 6) is 0.294. The van der Waals surface area contributed by atoms with Gasteiger partial charge in [-0.2, -0.15) is 13.2 Å². The van der Waals surface area contributed by atoms with Crippen molar-refractivity contribution < 1.29 is 27.5 Å². The number of hydrogen-bond acceptors (Lipinski definition) is 3. The van der Waals surface area contributed by atoms with E-state index in [4.69, 9.17) is 4.74 Å². The summed E-state index contributed by atoms with van der Waals surface area (Å²) < 4.78 is 43.7. The molecule has 0 unspecified atom stereocenters. The maximum Gasteiger partial charge on any atom is 0.416 e. The topological polar surface area (TPSA) is 58.6 Å². The van der Waals surface area contributed by atoms with Crippen molar-refractivity contribution in [3.63, 3.8) is 0 Å². The van der Waals surface area contributed by atoms with E-state index in [9.17, 15) is 22.8 Å². The van der Waals surface area contributed by atoms with Crippen molar-refractivity contribution in [3.8, 4) is 5.75 Å². The number of hydrogen-bond donors (Lipinski definition) is 1. The summed E-state index contributed by atoms with van der Waals surface area (Å²) in [6.45, 7) is 0.732. The molecule has 2 fully saturated rings. The fourth-order valence-corrected chi connectivity index (χ4v) is 4.99. The van der Waals surface area contributed by atoms with Crippen LogP contribution in [0.5, 0.6) is 5.75 Å². The van der Waals surface area contributed by atoms with E-state index in [1.54, 1.807) is 18.2 Å². The lowest BCUT2D eigenvalue weighted by Gasteiger charge is -2.44. The quantitative estimate of drug-likeness (QED) is 0.631. The van der Waals surface area contributed by atoms with Gasteiger partial charge < -0.3 is 15.0 Å². The Kier molecular flexibility index (Phi) is 6.63. The van der Waals surface area contributed by atoms with E-state index < -0.39 is 17.6 Å². The van der Waals surface area contributed by atoms with Gasteiger partial charge in [-0.3, -0.25) is 9.59 Å². The molecule has 1 aliphatic heterocycles. The monoisotopic (exact) mass is 460 g/mol. The van der Waals surface area contributed by atoms with Crippen LogP contribution in [0.1, 0.15) is 64.8 Å². The second-order valence-electron chi connectivity index (χ2n) is 8.70. The highest BCUT2D eigenvalue weighted by Crippen LogP contribution is 2.37. The number of benzene rings is 2. The number of carbonyl (C=O) groups is 2. The van der Waals surface area contributed by atoms with Gasteiger partial charge in [-0.15, -0.1) is 0 Å². The fourth-order valence-electron chi connectivity index (χ4n) is 4.99. The maximum atomic E-state index is 13.4. The predicted octanol–water partition coefficient (Wildman–Crippen LogP) is 5.76. The van der Waals surface area contributed by atoms with Crippen molar-refractivity contribution in [1.82, 2.24) is 4.90 Å². The molecule has 1 saturated heterocycles. The molecule has 5 nitrogen and oxygen atoms in total. The van der Waals surface area contributed by atoms with E-state index in [1.807, 2.05) is 4.90 Å². The highest BCUT2D eigenvalue weighted by atomic mass is 19.4. The van der Waals surface area contributed by atoms with Gasteiger partial charge in [0.1, 0.15) is 5.75 Å². The average molecular weight is 460 g/mol. The van der Waals surface area contributed by atoms with E-state index in [0.717, 1.165) is 50.1 Å². The van der Waals surface area contributed by atoms with Crippen LogP contribution in [0.3, 0.4) is 0 Å². The first kappa shape index (κ1) is 23.1. The van der Waals surface area contributed by atoms with Gasteiger partial charge in [0.15, 0.2) is 0 Å². The number of fused-ring (bicyclic) bond motifs is 1. The number of piperidine rings is 1. The molecule has 4 rings (SSSR count). The summed E-state index contributed by atoms with van der Waals surface area (Å²) in [5, 5.41) is 2.66. The SMILES string of the molecule is COc1cc(NC(=O)c2ccc(C(F)(F)F)cc2)ccc1C(=O)N1CCC[C@H]2CCCC[C@H]21. The Labute approximate surface area is 190 Å². The van der Waals surface area contributed by atoms with Crippen molar-refractivity contribution in [2.45, 2.75) is 50.7 Å². The largest absolute Gasteiger partial charge is 0.496 e. The molecule has 2 atom stereocenters. The van der Waals surface area contributed by atoms with Crippen LogP contribution in [0.25, 0.3) is 0 Å². The zero-order valence-corrected chi connectivity index (χ0v) is 18.5. The zero-order valence-electron chi connectivity index (χ0n) is 18.5. The molecular weight excluding hydrogens is 433 g/mol. The first-order valence-corrected chi connectivity index (χ1v) is 11.3. The summed E-state index contributed by atoms with van der Waals surface area (Å²) in [5.41, 5.74) is 0.110. The number of ether oxygens (including phenoxy) is 1. The minimum Gasteiger partial charge on any atom is -0.496 e. The van der Waals surface area contributed by atoms with Crippen LogP contribution in [0.15, 0.2) is 42.5 Å². The van der Waals surface area contributed by atoms with Gasteiger partial charge in [0.05, 0.1) is 18.2 Å². The van der Waals surface area contributed by atoms with Crippen molar-refractivity contribution in [3.05, 3.63) is 59.2 Å². The van der Waals surface area contributed by atoms with Gasteiger partial charge in [-0.25, -0.2) is 0 Å². The molecule has 0 radical (unpaired) electrons. The number of carbonyl (C=O) groups excluding carboxylic acids is 2. The second-order valence-corrected chi connectivity index (χ2v) is 8.70. The summed E-state index contributed by atoms with van der Waals surface area (Å²) in [6.07, 6.45) is 2.26. The Bertz CT molecular complexity index is 1020. The highest BCUT2D eigenvalue weighted by Gasteiger charge is 2.36. The molecule has 2 aromatic carbocycles. The smallest absolute Gasteiger partial charge is 0.416 e. The fraction of sp³-hybridized carbons (Fsp3) is 0.440. The number of methoxy groups -OCH3 is 1. The predicted molar refractivity (Wildman–Crippen MR) is 118 cm³/mol. The number of likely N-dealkylation sites (tertiary alicyclic amines) is 1. The third-order valence-electron chi connectivity index (χ3n) is 6.67. The first-order valence-electron chi connectivity index (χ1n) is 11.3. The van der Waals surface area contributed by atoms with Crippen LogP contribution in [0.4, 0.5) is 18.9 Å². The summed E-state index contributed by atoms with van der Waals surface area (Å²) >= 11 is 0. The Morgan fingerprint density at radius 2 is 1.70 bits per heavy atom. The highest BCUT2D eigenvalue weighted by molar-refractivity contribution is 6.05. The molecule has 2 aliphatic rings. The third kappa shape index (κ3) is 4.99. The summed E-state index contributed by atoms with van der Waals surface area (Å²) in [6, 6.07) is 9.08. The van der Waals surface area contributed by atoms with E-state index >= 15 is 0 Å². The van der Waals surface area contributed by atoms with Crippen molar-refractivity contribution in [1.29, 1.82) is 0 Å². The first-order chi connectivity index (χ1) is 15.8. The van der Waals surface area contributed by atoms with Gasteiger partial charge in [0, 0.05) is 29.9 Å². The van der Waals surface area contributed by atoms with Crippen LogP contribution in [0, 0.1) is 5.92 Å². The van der Waals surface area contributed by atoms with Crippen LogP contribution < -0.4 is 10.1 Å². The average Bonchev–Trinajstić information content (AvgIpc) is 2.82. The molecule has 2 aromatic rings. The van der Waals surface area contributed by atoms with Gasteiger partial charge in [-0.1, -0.05) is 12.8 Å². The number of alkyl halides is 3. The molecule has 176 valence electrons. The third-order valence-corrected chi connectivity index (χ3v) is 6.67. The second kappa shape index (κ2) is 9.45. The Hall–Kier alpha value is -3.03. The number of rotatable bonds is 4. The summed E-state index contributed by atoms with van der Waals surface area (Å²) in [4.78, 5) is 27.8. The lowest BCUT2D eigenvalue weighted by molar-refractivity contribution is -0.137. The summed E-state index contributed by atoms with van der Waals surface area (Å²) in [7, 11) is 1.47. The Morgan fingerprint density at radius 3 is 2.39 bits per heavy atom. The molecule has 0 spiro atoms. The lowest BCUT2D eigenvalue weighted by Crippen LogP contribution is -2.49. The molecular formula is C25H27F3N2O3. The standard InChI is InChI=1S/C25H27F3N2O3/c1-33-22-15-19(29-23(31)17-8-10-18(11-9-17)25(26,27)28)12-13-20(22)24(32)30-14-4-6-16-5-2-3-7-21(16)30/h8-13,15-16,21H,2-7,14H2,1H3,(H,29,31)/t16-,21-/m1/s1. The van der Waals surface area contributed by atoms with E-state index in [-0.39, 0.29) is 17.5 Å². The van der Waals surface area contributed by atoms with Gasteiger partial charge in [0.2, 0.25) is 0 Å². The zero-order chi connectivity index (χ0) is 23.6. The molecule has 8 heteroatoms. The van der Waals surface area contributed by atoms with Crippen LogP contribution in [-0.2, 0) is 6.18 Å². The molecule has 1 saturated carbocycles. The number of halogens is 3. The molecule has 33 heavy (non-hydrogen) atoms. The van der Waals surface area contributed by atoms with E-state index in [0.29, 0.717) is 22.9 Å². The molecule has 0 bridgehead atoms. The number of nitrogens with zero attached hydrogens (tertiary/aromatic N) is 1. The molecule has 0 aromatic heterocycles. The lowest BCUT2D eigenvalue weighted by atomic mass is 9.78. The Morgan fingerprint density at radius 1 is 1.00 bits per heavy atom. The molecule has 2 amide bonds. The van der Waals surface area contributed by atoms with Crippen LogP contribution in [0.2, 0.25) is 0 Å².